The number of hydrogen-bond donors (Lipinski definition) is 0. The first-order valence-electron chi connectivity index (χ1n) is 4.68. The quantitative estimate of drug-likeness (QED) is 0.701. The maximum atomic E-state index is 6.04. The SMILES string of the molecule is COc1cc(N2CCC(Cl)C2)ccn1. The summed E-state index contributed by atoms with van der Waals surface area (Å²) in [6, 6.07) is 3.92. The van der Waals surface area contributed by atoms with Crippen LogP contribution in [0.4, 0.5) is 5.69 Å². The molecule has 3 nitrogen and oxygen atoms in total. The summed E-state index contributed by atoms with van der Waals surface area (Å²) in [6.45, 7) is 1.93. The van der Waals surface area contributed by atoms with Crippen LogP contribution in [0.5, 0.6) is 5.88 Å². The molecule has 1 atom stereocenters. The Balaban J connectivity index is 2.15. The van der Waals surface area contributed by atoms with Crippen LogP contribution in [0.1, 0.15) is 6.42 Å². The number of alkyl halides is 1. The monoisotopic (exact) mass is 212 g/mol. The highest BCUT2D eigenvalue weighted by atomic mass is 35.5. The number of rotatable bonds is 2. The zero-order valence-corrected chi connectivity index (χ0v) is 8.87. The lowest BCUT2D eigenvalue weighted by atomic mass is 10.3. The minimum atomic E-state index is 0.272. The van der Waals surface area contributed by atoms with Crippen molar-refractivity contribution >= 4 is 17.3 Å². The van der Waals surface area contributed by atoms with Crippen molar-refractivity contribution in [3.05, 3.63) is 18.3 Å². The third kappa shape index (κ3) is 1.93. The average molecular weight is 213 g/mol. The lowest BCUT2D eigenvalue weighted by Crippen LogP contribution is -2.19. The molecule has 0 radical (unpaired) electrons. The van der Waals surface area contributed by atoms with Crippen LogP contribution in [0.2, 0.25) is 0 Å². The predicted molar refractivity (Wildman–Crippen MR) is 57.3 cm³/mol. The van der Waals surface area contributed by atoms with Crippen molar-refractivity contribution in [1.82, 2.24) is 4.98 Å². The molecular weight excluding hydrogens is 200 g/mol. The Morgan fingerprint density at radius 1 is 1.64 bits per heavy atom. The number of pyridine rings is 1. The molecule has 2 heterocycles. The standard InChI is InChI=1S/C10H13ClN2O/c1-14-10-6-9(2-4-12-10)13-5-3-8(11)7-13/h2,4,6,8H,3,5,7H2,1H3. The Morgan fingerprint density at radius 3 is 3.14 bits per heavy atom. The molecule has 1 aliphatic rings. The number of ether oxygens (including phenoxy) is 1. The molecule has 1 unspecified atom stereocenters. The van der Waals surface area contributed by atoms with E-state index < -0.39 is 0 Å². The minimum absolute atomic E-state index is 0.272. The molecule has 1 fully saturated rings. The highest BCUT2D eigenvalue weighted by Gasteiger charge is 2.20. The van der Waals surface area contributed by atoms with Crippen molar-refractivity contribution < 1.29 is 4.74 Å². The Labute approximate surface area is 88.6 Å². The van der Waals surface area contributed by atoms with Crippen LogP contribution in [-0.2, 0) is 0 Å². The molecule has 0 aliphatic carbocycles. The summed E-state index contributed by atoms with van der Waals surface area (Å²) in [5.41, 5.74) is 1.14. The molecule has 1 aromatic heterocycles. The van der Waals surface area contributed by atoms with E-state index in [9.17, 15) is 0 Å². The summed E-state index contributed by atoms with van der Waals surface area (Å²) >= 11 is 6.04. The second-order valence-electron chi connectivity index (χ2n) is 3.39. The Bertz CT molecular complexity index is 319. The van der Waals surface area contributed by atoms with Crippen LogP contribution in [0, 0.1) is 0 Å². The molecular formula is C10H13ClN2O. The van der Waals surface area contributed by atoms with E-state index in [-0.39, 0.29) is 5.38 Å². The van der Waals surface area contributed by atoms with Crippen LogP contribution in [0.25, 0.3) is 0 Å². The fourth-order valence-corrected chi connectivity index (χ4v) is 1.92. The van der Waals surface area contributed by atoms with Gasteiger partial charge in [-0.3, -0.25) is 0 Å². The average Bonchev–Trinajstić information content (AvgIpc) is 2.65. The largest absolute Gasteiger partial charge is 0.481 e. The van der Waals surface area contributed by atoms with Gasteiger partial charge in [0, 0.05) is 31.0 Å². The van der Waals surface area contributed by atoms with Crippen molar-refractivity contribution in [1.29, 1.82) is 0 Å². The summed E-state index contributed by atoms with van der Waals surface area (Å²) in [6.07, 6.45) is 2.81. The van der Waals surface area contributed by atoms with E-state index in [0.717, 1.165) is 25.2 Å². The van der Waals surface area contributed by atoms with Gasteiger partial charge in [-0.1, -0.05) is 0 Å². The molecule has 1 aromatic rings. The highest BCUT2D eigenvalue weighted by molar-refractivity contribution is 6.21. The van der Waals surface area contributed by atoms with E-state index in [1.165, 1.54) is 0 Å². The molecule has 0 N–H and O–H groups in total. The fraction of sp³-hybridized carbons (Fsp3) is 0.500. The fourth-order valence-electron chi connectivity index (χ4n) is 1.66. The van der Waals surface area contributed by atoms with E-state index in [1.54, 1.807) is 13.3 Å². The number of halogens is 1. The zero-order valence-electron chi connectivity index (χ0n) is 8.11. The van der Waals surface area contributed by atoms with E-state index in [0.29, 0.717) is 5.88 Å². The third-order valence-electron chi connectivity index (χ3n) is 2.42. The summed E-state index contributed by atoms with van der Waals surface area (Å²) in [5, 5.41) is 0.272. The van der Waals surface area contributed by atoms with Crippen molar-refractivity contribution in [2.24, 2.45) is 0 Å². The van der Waals surface area contributed by atoms with Gasteiger partial charge >= 0.3 is 0 Å². The second-order valence-corrected chi connectivity index (χ2v) is 4.01. The summed E-state index contributed by atoms with van der Waals surface area (Å²) in [7, 11) is 1.63. The molecule has 0 saturated carbocycles. The molecule has 2 rings (SSSR count). The third-order valence-corrected chi connectivity index (χ3v) is 2.78. The van der Waals surface area contributed by atoms with Crippen LogP contribution >= 0.6 is 11.6 Å². The molecule has 0 amide bonds. The molecule has 0 spiro atoms. The Kier molecular flexibility index (Phi) is 2.77. The number of nitrogens with zero attached hydrogens (tertiary/aromatic N) is 2. The molecule has 1 saturated heterocycles. The molecule has 4 heteroatoms. The van der Waals surface area contributed by atoms with Crippen LogP contribution in [0.15, 0.2) is 18.3 Å². The lowest BCUT2D eigenvalue weighted by Gasteiger charge is -2.17. The lowest BCUT2D eigenvalue weighted by molar-refractivity contribution is 0.398. The van der Waals surface area contributed by atoms with Gasteiger partial charge in [0.2, 0.25) is 5.88 Å². The van der Waals surface area contributed by atoms with Gasteiger partial charge in [0.05, 0.1) is 12.5 Å². The highest BCUT2D eigenvalue weighted by Crippen LogP contribution is 2.24. The van der Waals surface area contributed by atoms with Crippen LogP contribution in [-0.4, -0.2) is 30.6 Å². The number of hydrogen-bond acceptors (Lipinski definition) is 3. The van der Waals surface area contributed by atoms with Gasteiger partial charge in [-0.15, -0.1) is 11.6 Å². The molecule has 14 heavy (non-hydrogen) atoms. The van der Waals surface area contributed by atoms with E-state index in [2.05, 4.69) is 9.88 Å². The number of anilines is 1. The first-order valence-corrected chi connectivity index (χ1v) is 5.12. The van der Waals surface area contributed by atoms with Crippen LogP contribution in [0.3, 0.4) is 0 Å². The number of methoxy groups -OCH3 is 1. The van der Waals surface area contributed by atoms with E-state index in [1.807, 2.05) is 12.1 Å². The zero-order chi connectivity index (χ0) is 9.97. The summed E-state index contributed by atoms with van der Waals surface area (Å²) < 4.78 is 5.07. The first kappa shape index (κ1) is 9.59. The van der Waals surface area contributed by atoms with Gasteiger partial charge in [-0.25, -0.2) is 4.98 Å². The normalized spacial score (nSPS) is 21.3. The van der Waals surface area contributed by atoms with Gasteiger partial charge in [-0.2, -0.15) is 0 Å². The maximum Gasteiger partial charge on any atom is 0.214 e. The second kappa shape index (κ2) is 4.05. The van der Waals surface area contributed by atoms with Gasteiger partial charge in [0.1, 0.15) is 0 Å². The predicted octanol–water partition coefficient (Wildman–Crippen LogP) is 1.91. The number of aromatic nitrogens is 1. The van der Waals surface area contributed by atoms with Gasteiger partial charge < -0.3 is 9.64 Å². The molecule has 1 aliphatic heterocycles. The van der Waals surface area contributed by atoms with Gasteiger partial charge in [0.15, 0.2) is 0 Å². The van der Waals surface area contributed by atoms with Crippen molar-refractivity contribution in [3.63, 3.8) is 0 Å². The summed E-state index contributed by atoms with van der Waals surface area (Å²) in [4.78, 5) is 6.32. The van der Waals surface area contributed by atoms with E-state index >= 15 is 0 Å². The first-order chi connectivity index (χ1) is 6.79. The molecule has 0 aromatic carbocycles. The smallest absolute Gasteiger partial charge is 0.214 e. The molecule has 0 bridgehead atoms. The van der Waals surface area contributed by atoms with Crippen molar-refractivity contribution in [2.75, 3.05) is 25.1 Å². The van der Waals surface area contributed by atoms with Crippen molar-refractivity contribution in [3.8, 4) is 5.88 Å². The Morgan fingerprint density at radius 2 is 2.50 bits per heavy atom. The topological polar surface area (TPSA) is 25.4 Å². The Hall–Kier alpha value is -0.960. The minimum Gasteiger partial charge on any atom is -0.481 e. The van der Waals surface area contributed by atoms with Crippen LogP contribution < -0.4 is 9.64 Å². The van der Waals surface area contributed by atoms with Crippen molar-refractivity contribution in [2.45, 2.75) is 11.8 Å². The summed E-state index contributed by atoms with van der Waals surface area (Å²) in [5.74, 6) is 0.653. The molecule has 76 valence electrons. The van der Waals surface area contributed by atoms with E-state index in [4.69, 9.17) is 16.3 Å². The van der Waals surface area contributed by atoms with Gasteiger partial charge in [0.25, 0.3) is 0 Å². The maximum absolute atomic E-state index is 6.04. The van der Waals surface area contributed by atoms with Gasteiger partial charge in [-0.05, 0) is 12.5 Å².